The van der Waals surface area contributed by atoms with Crippen molar-refractivity contribution in [2.24, 2.45) is 23.2 Å². The maximum atomic E-state index is 13.5. The fourth-order valence-corrected chi connectivity index (χ4v) is 5.49. The lowest BCUT2D eigenvalue weighted by Crippen LogP contribution is -2.59. The van der Waals surface area contributed by atoms with Crippen molar-refractivity contribution in [3.63, 3.8) is 0 Å². The summed E-state index contributed by atoms with van der Waals surface area (Å²) in [5.41, 5.74) is -1.95. The van der Waals surface area contributed by atoms with Crippen molar-refractivity contribution in [3.8, 4) is 0 Å². The average Bonchev–Trinajstić information content (AvgIpc) is 3.50. The number of fused-ring (bicyclic) bond motifs is 1. The standard InChI is InChI=1S/C24H35N3O6/c1-5-15-12-24(15,21(30)31)26-19(28)17-7-6-8-27(17)20(29)18(23(2,3)4)25-22(32)33-16-10-13-9-14(13)11-16/h5,13-18H,1,6-12H2,2-4H3,(H,25,32)(H,26,28)(H,30,31)/t13-,14+,15-,16?,17+,18-,24-/m1/s1. The highest BCUT2D eigenvalue weighted by molar-refractivity contribution is 5.96. The lowest BCUT2D eigenvalue weighted by Gasteiger charge is -2.35. The highest BCUT2D eigenvalue weighted by Gasteiger charge is 2.61. The first kappa shape index (κ1) is 23.6. The first-order valence-electron chi connectivity index (χ1n) is 11.9. The van der Waals surface area contributed by atoms with E-state index in [1.54, 1.807) is 0 Å². The van der Waals surface area contributed by atoms with E-state index >= 15 is 0 Å². The second-order valence-corrected chi connectivity index (χ2v) is 11.2. The van der Waals surface area contributed by atoms with Gasteiger partial charge in [-0.05, 0) is 55.8 Å². The summed E-state index contributed by atoms with van der Waals surface area (Å²) in [6.07, 6.45) is 5.18. The number of carbonyl (C=O) groups excluding carboxylic acids is 3. The number of amides is 3. The summed E-state index contributed by atoms with van der Waals surface area (Å²) >= 11 is 0. The van der Waals surface area contributed by atoms with Gasteiger partial charge in [-0.3, -0.25) is 9.59 Å². The van der Waals surface area contributed by atoms with E-state index in [4.69, 9.17) is 4.74 Å². The SMILES string of the molecule is C=C[C@@H]1C[C@]1(NC(=O)[C@@H]1CCCN1C(=O)[C@@H](NC(=O)OC1C[C@@H]2C[C@@H]2C1)C(C)(C)C)C(=O)O. The van der Waals surface area contributed by atoms with Crippen LogP contribution in [0, 0.1) is 23.2 Å². The molecule has 3 aliphatic carbocycles. The molecule has 9 heteroatoms. The number of ether oxygens (including phenoxy) is 1. The number of nitrogens with zero attached hydrogens (tertiary/aromatic N) is 1. The van der Waals surface area contributed by atoms with Crippen molar-refractivity contribution in [3.05, 3.63) is 12.7 Å². The van der Waals surface area contributed by atoms with Gasteiger partial charge in [0.15, 0.2) is 0 Å². The van der Waals surface area contributed by atoms with Crippen LogP contribution in [0.5, 0.6) is 0 Å². The number of carboxylic acid groups (broad SMARTS) is 1. The molecule has 1 unspecified atom stereocenters. The predicted molar refractivity (Wildman–Crippen MR) is 119 cm³/mol. The van der Waals surface area contributed by atoms with Gasteiger partial charge in [-0.15, -0.1) is 6.58 Å². The van der Waals surface area contributed by atoms with Crippen LogP contribution < -0.4 is 10.6 Å². The van der Waals surface area contributed by atoms with Gasteiger partial charge in [0, 0.05) is 12.5 Å². The number of alkyl carbamates (subject to hydrolysis) is 1. The van der Waals surface area contributed by atoms with E-state index in [1.807, 2.05) is 20.8 Å². The van der Waals surface area contributed by atoms with Gasteiger partial charge in [0.1, 0.15) is 23.7 Å². The zero-order chi connectivity index (χ0) is 24.1. The molecule has 3 amide bonds. The lowest BCUT2D eigenvalue weighted by atomic mass is 9.85. The van der Waals surface area contributed by atoms with Crippen LogP contribution in [-0.2, 0) is 19.1 Å². The third-order valence-electron chi connectivity index (χ3n) is 7.71. The Morgan fingerprint density at radius 1 is 1.18 bits per heavy atom. The molecule has 1 saturated heterocycles. The second-order valence-electron chi connectivity index (χ2n) is 11.2. The number of hydrogen-bond acceptors (Lipinski definition) is 5. The quantitative estimate of drug-likeness (QED) is 0.499. The van der Waals surface area contributed by atoms with Gasteiger partial charge in [0.05, 0.1) is 0 Å². The van der Waals surface area contributed by atoms with E-state index in [0.717, 1.165) is 12.8 Å². The van der Waals surface area contributed by atoms with Crippen molar-refractivity contribution < 1.29 is 29.0 Å². The van der Waals surface area contributed by atoms with Crippen LogP contribution in [0.3, 0.4) is 0 Å². The summed E-state index contributed by atoms with van der Waals surface area (Å²) in [6, 6.07) is -1.64. The van der Waals surface area contributed by atoms with E-state index in [-0.39, 0.29) is 17.9 Å². The molecule has 3 saturated carbocycles. The molecule has 0 aromatic carbocycles. The Labute approximate surface area is 194 Å². The van der Waals surface area contributed by atoms with Crippen molar-refractivity contribution >= 4 is 23.9 Å². The van der Waals surface area contributed by atoms with Gasteiger partial charge < -0.3 is 25.4 Å². The maximum absolute atomic E-state index is 13.5. The molecule has 1 heterocycles. The third kappa shape index (κ3) is 4.59. The molecule has 3 N–H and O–H groups in total. The van der Waals surface area contributed by atoms with E-state index in [1.165, 1.54) is 17.4 Å². The van der Waals surface area contributed by atoms with Crippen molar-refractivity contribution in [1.29, 1.82) is 0 Å². The van der Waals surface area contributed by atoms with Gasteiger partial charge in [-0.25, -0.2) is 9.59 Å². The fraction of sp³-hybridized carbons (Fsp3) is 0.750. The Balaban J connectivity index is 1.41. The highest BCUT2D eigenvalue weighted by atomic mass is 16.6. The zero-order valence-electron chi connectivity index (χ0n) is 19.6. The first-order chi connectivity index (χ1) is 15.5. The predicted octanol–water partition coefficient (Wildman–Crippen LogP) is 2.06. The number of likely N-dealkylation sites (tertiary alicyclic amines) is 1. The molecule has 0 bridgehead atoms. The zero-order valence-corrected chi connectivity index (χ0v) is 19.6. The van der Waals surface area contributed by atoms with E-state index in [9.17, 15) is 24.3 Å². The minimum absolute atomic E-state index is 0.0988. The van der Waals surface area contributed by atoms with Crippen molar-refractivity contribution in [2.45, 2.75) is 83.0 Å². The minimum Gasteiger partial charge on any atom is -0.479 e. The highest BCUT2D eigenvalue weighted by Crippen LogP contribution is 2.52. The first-order valence-corrected chi connectivity index (χ1v) is 11.9. The molecule has 0 spiro atoms. The number of carboxylic acids is 1. The van der Waals surface area contributed by atoms with Gasteiger partial charge in [0.25, 0.3) is 0 Å². The largest absolute Gasteiger partial charge is 0.479 e. The Bertz CT molecular complexity index is 857. The summed E-state index contributed by atoms with van der Waals surface area (Å²) in [6.45, 7) is 9.56. The second kappa shape index (κ2) is 8.33. The Kier molecular flexibility index (Phi) is 5.95. The molecule has 4 aliphatic rings. The summed E-state index contributed by atoms with van der Waals surface area (Å²) in [5.74, 6) is -0.913. The van der Waals surface area contributed by atoms with Crippen LogP contribution in [0.15, 0.2) is 12.7 Å². The summed E-state index contributed by atoms with van der Waals surface area (Å²) in [7, 11) is 0. The van der Waals surface area contributed by atoms with Gasteiger partial charge >= 0.3 is 12.1 Å². The molecule has 0 aromatic rings. The normalized spacial score (nSPS) is 35.2. The Hall–Kier alpha value is -2.58. The minimum atomic E-state index is -1.34. The topological polar surface area (TPSA) is 125 Å². The van der Waals surface area contributed by atoms with Crippen LogP contribution in [0.25, 0.3) is 0 Å². The molecule has 33 heavy (non-hydrogen) atoms. The fourth-order valence-electron chi connectivity index (χ4n) is 5.49. The maximum Gasteiger partial charge on any atom is 0.408 e. The van der Waals surface area contributed by atoms with Crippen molar-refractivity contribution in [1.82, 2.24) is 15.5 Å². The third-order valence-corrected chi connectivity index (χ3v) is 7.71. The summed E-state index contributed by atoms with van der Waals surface area (Å²) < 4.78 is 5.57. The van der Waals surface area contributed by atoms with E-state index in [0.29, 0.717) is 37.6 Å². The average molecular weight is 462 g/mol. The van der Waals surface area contributed by atoms with Crippen LogP contribution in [0.1, 0.15) is 59.3 Å². The smallest absolute Gasteiger partial charge is 0.408 e. The molecule has 0 radical (unpaired) electrons. The van der Waals surface area contributed by atoms with Crippen molar-refractivity contribution in [2.75, 3.05) is 6.54 Å². The Morgan fingerprint density at radius 2 is 1.85 bits per heavy atom. The lowest BCUT2D eigenvalue weighted by molar-refractivity contribution is -0.146. The molecule has 4 rings (SSSR count). The summed E-state index contributed by atoms with van der Waals surface area (Å²) in [5, 5.41) is 15.0. The van der Waals surface area contributed by atoms with E-state index in [2.05, 4.69) is 17.2 Å². The number of rotatable bonds is 7. The number of nitrogens with one attached hydrogen (secondary N) is 2. The molecule has 4 fully saturated rings. The number of carbonyl (C=O) groups is 4. The number of hydrogen-bond donors (Lipinski definition) is 3. The molecule has 7 atom stereocenters. The molecule has 0 aromatic heterocycles. The van der Waals surface area contributed by atoms with E-state index < -0.39 is 41.0 Å². The van der Waals surface area contributed by atoms with Gasteiger partial charge in [0.2, 0.25) is 11.8 Å². The Morgan fingerprint density at radius 3 is 2.39 bits per heavy atom. The van der Waals surface area contributed by atoms with Crippen LogP contribution >= 0.6 is 0 Å². The monoisotopic (exact) mass is 461 g/mol. The molecule has 1 aliphatic heterocycles. The molecular weight excluding hydrogens is 426 g/mol. The molecule has 182 valence electrons. The van der Waals surface area contributed by atoms with Crippen LogP contribution in [0.2, 0.25) is 0 Å². The van der Waals surface area contributed by atoms with Crippen LogP contribution in [-0.4, -0.2) is 64.2 Å². The number of aliphatic carboxylic acids is 1. The molecular formula is C24H35N3O6. The van der Waals surface area contributed by atoms with Gasteiger partial charge in [-0.2, -0.15) is 0 Å². The van der Waals surface area contributed by atoms with Gasteiger partial charge in [-0.1, -0.05) is 26.8 Å². The van der Waals surface area contributed by atoms with Crippen LogP contribution in [0.4, 0.5) is 4.79 Å². The molecule has 9 nitrogen and oxygen atoms in total. The summed E-state index contributed by atoms with van der Waals surface area (Å²) in [4.78, 5) is 52.3.